The van der Waals surface area contributed by atoms with Crippen molar-refractivity contribution >= 4 is 17.8 Å². The molecule has 1 saturated heterocycles. The van der Waals surface area contributed by atoms with E-state index in [9.17, 15) is 14.4 Å². The molecule has 6 heteroatoms. The van der Waals surface area contributed by atoms with E-state index in [-0.39, 0.29) is 30.8 Å². The Kier molecular flexibility index (Phi) is 3.31. The van der Waals surface area contributed by atoms with Gasteiger partial charge in [-0.05, 0) is 19.3 Å². The van der Waals surface area contributed by atoms with Crippen LogP contribution in [0.3, 0.4) is 0 Å². The second kappa shape index (κ2) is 4.73. The molecule has 0 spiro atoms. The second-order valence-electron chi connectivity index (χ2n) is 4.57. The normalized spacial score (nSPS) is 23.3. The molecular weight excluding hydrogens is 224 g/mol. The van der Waals surface area contributed by atoms with Crippen molar-refractivity contribution in [1.29, 1.82) is 0 Å². The Morgan fingerprint density at radius 1 is 1.35 bits per heavy atom. The number of nitrogens with one attached hydrogen (secondary N) is 1. The van der Waals surface area contributed by atoms with E-state index in [0.29, 0.717) is 12.8 Å². The summed E-state index contributed by atoms with van der Waals surface area (Å²) in [6.45, 7) is 0.241. The number of carboxylic acids is 1. The molecule has 0 bridgehead atoms. The molecular formula is C11H16N2O4. The van der Waals surface area contributed by atoms with Gasteiger partial charge in [0.15, 0.2) is 0 Å². The van der Waals surface area contributed by atoms with Gasteiger partial charge in [-0.15, -0.1) is 0 Å². The van der Waals surface area contributed by atoms with Crippen LogP contribution in [0.2, 0.25) is 0 Å². The molecule has 1 heterocycles. The van der Waals surface area contributed by atoms with Crippen molar-refractivity contribution in [2.45, 2.75) is 44.2 Å². The predicted molar refractivity (Wildman–Crippen MR) is 58.2 cm³/mol. The van der Waals surface area contributed by atoms with E-state index in [0.717, 1.165) is 12.8 Å². The Morgan fingerprint density at radius 3 is 2.53 bits per heavy atom. The molecule has 0 radical (unpaired) electrons. The molecule has 0 aromatic carbocycles. The van der Waals surface area contributed by atoms with Gasteiger partial charge in [-0.2, -0.15) is 0 Å². The van der Waals surface area contributed by atoms with Crippen LogP contribution in [-0.2, 0) is 14.4 Å². The van der Waals surface area contributed by atoms with Crippen LogP contribution in [0.15, 0.2) is 0 Å². The van der Waals surface area contributed by atoms with E-state index in [1.807, 2.05) is 0 Å². The molecule has 6 nitrogen and oxygen atoms in total. The largest absolute Gasteiger partial charge is 0.481 e. The highest BCUT2D eigenvalue weighted by atomic mass is 16.4. The third-order valence-corrected chi connectivity index (χ3v) is 3.13. The van der Waals surface area contributed by atoms with E-state index in [4.69, 9.17) is 5.11 Å². The first-order chi connectivity index (χ1) is 8.08. The topological polar surface area (TPSA) is 86.7 Å². The minimum atomic E-state index is -0.904. The molecule has 1 aliphatic carbocycles. The van der Waals surface area contributed by atoms with Gasteiger partial charge in [-0.3, -0.25) is 14.4 Å². The van der Waals surface area contributed by atoms with Crippen LogP contribution in [0.5, 0.6) is 0 Å². The molecule has 2 rings (SSSR count). The first kappa shape index (κ1) is 11.9. The molecule has 2 amide bonds. The van der Waals surface area contributed by atoms with Crippen LogP contribution < -0.4 is 5.32 Å². The number of rotatable bonds is 5. The maximum atomic E-state index is 12.1. The van der Waals surface area contributed by atoms with E-state index in [2.05, 4.69) is 5.32 Å². The van der Waals surface area contributed by atoms with Gasteiger partial charge >= 0.3 is 5.97 Å². The van der Waals surface area contributed by atoms with E-state index >= 15 is 0 Å². The lowest BCUT2D eigenvalue weighted by atomic mass is 10.2. The van der Waals surface area contributed by atoms with Crippen LogP contribution in [-0.4, -0.2) is 46.4 Å². The molecule has 94 valence electrons. The van der Waals surface area contributed by atoms with Gasteiger partial charge in [0.1, 0.15) is 6.04 Å². The van der Waals surface area contributed by atoms with E-state index in [1.165, 1.54) is 0 Å². The molecule has 1 atom stereocenters. The average molecular weight is 240 g/mol. The van der Waals surface area contributed by atoms with E-state index < -0.39 is 12.0 Å². The van der Waals surface area contributed by atoms with Crippen molar-refractivity contribution in [2.75, 3.05) is 6.54 Å². The third kappa shape index (κ3) is 2.95. The smallest absolute Gasteiger partial charge is 0.305 e. The van der Waals surface area contributed by atoms with Crippen molar-refractivity contribution in [2.24, 2.45) is 0 Å². The molecule has 0 aromatic heterocycles. The maximum Gasteiger partial charge on any atom is 0.305 e. The summed E-state index contributed by atoms with van der Waals surface area (Å²) in [5.74, 6) is -1.13. The summed E-state index contributed by atoms with van der Waals surface area (Å²) < 4.78 is 0. The minimum absolute atomic E-state index is 0.0388. The predicted octanol–water partition coefficient (Wildman–Crippen LogP) is -0.269. The summed E-state index contributed by atoms with van der Waals surface area (Å²) in [5, 5.41) is 11.3. The van der Waals surface area contributed by atoms with Gasteiger partial charge in [0, 0.05) is 19.0 Å². The number of carbonyl (C=O) groups excluding carboxylic acids is 2. The number of aliphatic carboxylic acids is 1. The summed E-state index contributed by atoms with van der Waals surface area (Å²) >= 11 is 0. The van der Waals surface area contributed by atoms with Gasteiger partial charge in [-0.25, -0.2) is 0 Å². The van der Waals surface area contributed by atoms with Crippen LogP contribution in [0.25, 0.3) is 0 Å². The standard InChI is InChI=1S/C11H16N2O4/c14-9-4-3-8(12-9)11(17)13(7-1-2-7)6-5-10(15)16/h7-8H,1-6H2,(H,12,14)(H,15,16). The van der Waals surface area contributed by atoms with Crippen LogP contribution in [0.4, 0.5) is 0 Å². The molecule has 1 unspecified atom stereocenters. The quantitative estimate of drug-likeness (QED) is 0.692. The molecule has 0 aromatic rings. The Hall–Kier alpha value is -1.59. The number of nitrogens with zero attached hydrogens (tertiary/aromatic N) is 1. The van der Waals surface area contributed by atoms with Gasteiger partial charge in [0.25, 0.3) is 0 Å². The summed E-state index contributed by atoms with van der Waals surface area (Å²) in [6, 6.07) is -0.267. The highest BCUT2D eigenvalue weighted by Gasteiger charge is 2.38. The van der Waals surface area contributed by atoms with Crippen LogP contribution >= 0.6 is 0 Å². The fourth-order valence-electron chi connectivity index (χ4n) is 2.07. The first-order valence-electron chi connectivity index (χ1n) is 5.89. The number of carboxylic acid groups (broad SMARTS) is 1. The minimum Gasteiger partial charge on any atom is -0.481 e. The van der Waals surface area contributed by atoms with E-state index in [1.54, 1.807) is 4.90 Å². The Balaban J connectivity index is 1.93. The Labute approximate surface area is 99.0 Å². The lowest BCUT2D eigenvalue weighted by Gasteiger charge is -2.24. The summed E-state index contributed by atoms with van der Waals surface area (Å²) in [4.78, 5) is 35.3. The van der Waals surface area contributed by atoms with Gasteiger partial charge in [-0.1, -0.05) is 0 Å². The van der Waals surface area contributed by atoms with Gasteiger partial charge < -0.3 is 15.3 Å². The summed E-state index contributed by atoms with van der Waals surface area (Å²) in [6.07, 6.45) is 2.74. The number of hydrogen-bond acceptors (Lipinski definition) is 3. The zero-order valence-electron chi connectivity index (χ0n) is 9.52. The number of carbonyl (C=O) groups is 3. The molecule has 17 heavy (non-hydrogen) atoms. The van der Waals surface area contributed by atoms with Crippen LogP contribution in [0.1, 0.15) is 32.1 Å². The van der Waals surface area contributed by atoms with Crippen molar-refractivity contribution in [1.82, 2.24) is 10.2 Å². The van der Waals surface area contributed by atoms with Gasteiger partial charge in [0.2, 0.25) is 11.8 Å². The fourth-order valence-corrected chi connectivity index (χ4v) is 2.07. The van der Waals surface area contributed by atoms with Crippen molar-refractivity contribution in [3.8, 4) is 0 Å². The first-order valence-corrected chi connectivity index (χ1v) is 5.89. The highest BCUT2D eigenvalue weighted by Crippen LogP contribution is 2.28. The zero-order valence-corrected chi connectivity index (χ0v) is 9.52. The van der Waals surface area contributed by atoms with Crippen molar-refractivity contribution < 1.29 is 19.5 Å². The lowest BCUT2D eigenvalue weighted by Crippen LogP contribution is -2.46. The summed E-state index contributed by atoms with van der Waals surface area (Å²) in [7, 11) is 0. The maximum absolute atomic E-state index is 12.1. The fraction of sp³-hybridized carbons (Fsp3) is 0.727. The monoisotopic (exact) mass is 240 g/mol. The SMILES string of the molecule is O=C(O)CCN(C(=O)C1CCC(=O)N1)C1CC1. The molecule has 2 N–H and O–H groups in total. The lowest BCUT2D eigenvalue weighted by molar-refractivity contribution is -0.139. The Bertz CT molecular complexity index is 351. The van der Waals surface area contributed by atoms with Crippen molar-refractivity contribution in [3.05, 3.63) is 0 Å². The highest BCUT2D eigenvalue weighted by molar-refractivity contribution is 5.91. The molecule has 2 fully saturated rings. The molecule has 2 aliphatic rings. The second-order valence-corrected chi connectivity index (χ2v) is 4.57. The van der Waals surface area contributed by atoms with Crippen molar-refractivity contribution in [3.63, 3.8) is 0 Å². The molecule has 1 aliphatic heterocycles. The number of hydrogen-bond donors (Lipinski definition) is 2. The van der Waals surface area contributed by atoms with Gasteiger partial charge in [0.05, 0.1) is 6.42 Å². The van der Waals surface area contributed by atoms with Crippen LogP contribution in [0, 0.1) is 0 Å². The Morgan fingerprint density at radius 2 is 2.06 bits per heavy atom. The summed E-state index contributed by atoms with van der Waals surface area (Å²) in [5.41, 5.74) is 0. The molecule has 1 saturated carbocycles. The third-order valence-electron chi connectivity index (χ3n) is 3.13. The average Bonchev–Trinajstić information content (AvgIpc) is 3.00. The zero-order chi connectivity index (χ0) is 12.4. The number of amides is 2.